The molecule has 2 N–H and O–H groups in total. The number of halogens is 2. The van der Waals surface area contributed by atoms with Crippen LogP contribution >= 0.6 is 23.2 Å². The van der Waals surface area contributed by atoms with Crippen molar-refractivity contribution in [2.24, 2.45) is 11.7 Å². The van der Waals surface area contributed by atoms with E-state index in [9.17, 15) is 8.42 Å². The Hall–Kier alpha value is -0.330. The minimum Gasteiger partial charge on any atom is -0.328 e. The van der Waals surface area contributed by atoms with Gasteiger partial charge in [-0.1, -0.05) is 23.2 Å². The molecular formula is C13H18Cl2N2O2S. The summed E-state index contributed by atoms with van der Waals surface area (Å²) in [6.45, 7) is 2.89. The number of hydrogen-bond donors (Lipinski definition) is 1. The minimum absolute atomic E-state index is 0.0122. The van der Waals surface area contributed by atoms with Crippen molar-refractivity contribution in [2.45, 2.75) is 30.7 Å². The zero-order valence-corrected chi connectivity index (χ0v) is 13.5. The van der Waals surface area contributed by atoms with Crippen molar-refractivity contribution in [3.05, 3.63) is 28.2 Å². The summed E-state index contributed by atoms with van der Waals surface area (Å²) in [6.07, 6.45) is 1.79. The number of nitrogens with zero attached hydrogens (tertiary/aromatic N) is 1. The second kappa shape index (κ2) is 6.20. The van der Waals surface area contributed by atoms with Gasteiger partial charge in [0.25, 0.3) is 0 Å². The summed E-state index contributed by atoms with van der Waals surface area (Å²) in [4.78, 5) is 0.178. The lowest BCUT2D eigenvalue weighted by Crippen LogP contribution is -2.44. The van der Waals surface area contributed by atoms with Gasteiger partial charge in [0.2, 0.25) is 10.0 Å². The Morgan fingerprint density at radius 3 is 2.65 bits per heavy atom. The van der Waals surface area contributed by atoms with Crippen LogP contribution in [0.25, 0.3) is 0 Å². The monoisotopic (exact) mass is 336 g/mol. The molecular weight excluding hydrogens is 319 g/mol. The summed E-state index contributed by atoms with van der Waals surface area (Å²) in [7, 11) is -3.53. The highest BCUT2D eigenvalue weighted by Gasteiger charge is 2.31. The summed E-state index contributed by atoms with van der Waals surface area (Å²) in [6, 6.07) is 4.37. The van der Waals surface area contributed by atoms with Crippen LogP contribution in [0, 0.1) is 5.92 Å². The summed E-state index contributed by atoms with van der Waals surface area (Å²) in [5.74, 6) is 0.196. The van der Waals surface area contributed by atoms with E-state index in [1.807, 2.05) is 6.92 Å². The molecule has 20 heavy (non-hydrogen) atoms. The van der Waals surface area contributed by atoms with Crippen LogP contribution in [0.2, 0.25) is 10.0 Å². The van der Waals surface area contributed by atoms with Crippen LogP contribution in [-0.4, -0.2) is 31.9 Å². The van der Waals surface area contributed by atoms with Crippen LogP contribution in [0.5, 0.6) is 0 Å². The SMILES string of the molecule is CC(N)C1CCCN(S(=O)(=O)c2ccc(Cl)c(Cl)c2)C1. The third-order valence-corrected chi connectivity index (χ3v) is 6.29. The Labute approximate surface area is 129 Å². The molecule has 2 unspecified atom stereocenters. The molecule has 0 spiro atoms. The van der Waals surface area contributed by atoms with E-state index in [1.54, 1.807) is 0 Å². The first-order valence-corrected chi connectivity index (χ1v) is 8.72. The van der Waals surface area contributed by atoms with Gasteiger partial charge in [0.1, 0.15) is 0 Å². The molecule has 112 valence electrons. The molecule has 1 aromatic carbocycles. The van der Waals surface area contributed by atoms with Crippen molar-refractivity contribution in [2.75, 3.05) is 13.1 Å². The van der Waals surface area contributed by atoms with Crippen molar-refractivity contribution in [1.29, 1.82) is 0 Å². The molecule has 1 saturated heterocycles. The molecule has 1 fully saturated rings. The number of piperidine rings is 1. The van der Waals surface area contributed by atoms with E-state index in [2.05, 4.69) is 0 Å². The second-order valence-electron chi connectivity index (χ2n) is 5.20. The topological polar surface area (TPSA) is 63.4 Å². The Morgan fingerprint density at radius 1 is 1.35 bits per heavy atom. The summed E-state index contributed by atoms with van der Waals surface area (Å²) < 4.78 is 26.7. The maximum atomic E-state index is 12.6. The van der Waals surface area contributed by atoms with Crippen LogP contribution in [-0.2, 0) is 10.0 Å². The average molecular weight is 337 g/mol. The molecule has 1 aliphatic heterocycles. The first-order valence-electron chi connectivity index (χ1n) is 6.53. The van der Waals surface area contributed by atoms with Gasteiger partial charge in [-0.25, -0.2) is 8.42 Å². The van der Waals surface area contributed by atoms with Gasteiger partial charge in [0.05, 0.1) is 14.9 Å². The Kier molecular flexibility index (Phi) is 4.97. The van der Waals surface area contributed by atoms with Gasteiger partial charge in [0.15, 0.2) is 0 Å². The van der Waals surface area contributed by atoms with Gasteiger partial charge in [-0.3, -0.25) is 0 Å². The standard InChI is InChI=1S/C13H18Cl2N2O2S/c1-9(16)10-3-2-6-17(8-10)20(18,19)11-4-5-12(14)13(15)7-11/h4-5,7,9-10H,2-3,6,8,16H2,1H3. The van der Waals surface area contributed by atoms with Gasteiger partial charge < -0.3 is 5.73 Å². The van der Waals surface area contributed by atoms with Crippen LogP contribution < -0.4 is 5.73 Å². The van der Waals surface area contributed by atoms with Gasteiger partial charge in [-0.2, -0.15) is 4.31 Å². The zero-order chi connectivity index (χ0) is 14.9. The minimum atomic E-state index is -3.53. The fraction of sp³-hybridized carbons (Fsp3) is 0.538. The van der Waals surface area contributed by atoms with Gasteiger partial charge in [-0.15, -0.1) is 0 Å². The van der Waals surface area contributed by atoms with E-state index in [-0.39, 0.29) is 21.9 Å². The molecule has 0 amide bonds. The van der Waals surface area contributed by atoms with Crippen LogP contribution in [0.1, 0.15) is 19.8 Å². The van der Waals surface area contributed by atoms with Crippen molar-refractivity contribution >= 4 is 33.2 Å². The first kappa shape index (κ1) is 16.0. The third kappa shape index (κ3) is 3.28. The lowest BCUT2D eigenvalue weighted by molar-refractivity contribution is 0.243. The lowest BCUT2D eigenvalue weighted by Gasteiger charge is -2.33. The third-order valence-electron chi connectivity index (χ3n) is 3.69. The van der Waals surface area contributed by atoms with E-state index in [1.165, 1.54) is 22.5 Å². The van der Waals surface area contributed by atoms with E-state index >= 15 is 0 Å². The van der Waals surface area contributed by atoms with Crippen molar-refractivity contribution in [3.8, 4) is 0 Å². The van der Waals surface area contributed by atoms with Gasteiger partial charge >= 0.3 is 0 Å². The summed E-state index contributed by atoms with van der Waals surface area (Å²) in [5.41, 5.74) is 5.90. The predicted octanol–water partition coefficient (Wildman–Crippen LogP) is 2.74. The van der Waals surface area contributed by atoms with Gasteiger partial charge in [-0.05, 0) is 43.9 Å². The summed E-state index contributed by atoms with van der Waals surface area (Å²) >= 11 is 11.7. The Bertz CT molecular complexity index is 590. The molecule has 0 bridgehead atoms. The first-order chi connectivity index (χ1) is 9.32. The molecule has 7 heteroatoms. The normalized spacial score (nSPS) is 22.7. The number of rotatable bonds is 3. The lowest BCUT2D eigenvalue weighted by atomic mass is 9.93. The second-order valence-corrected chi connectivity index (χ2v) is 7.95. The largest absolute Gasteiger partial charge is 0.328 e. The number of nitrogens with two attached hydrogens (primary N) is 1. The highest BCUT2D eigenvalue weighted by molar-refractivity contribution is 7.89. The molecule has 0 saturated carbocycles. The fourth-order valence-electron chi connectivity index (χ4n) is 2.41. The fourth-order valence-corrected chi connectivity index (χ4v) is 4.33. The predicted molar refractivity (Wildman–Crippen MR) is 81.6 cm³/mol. The van der Waals surface area contributed by atoms with Gasteiger partial charge in [0, 0.05) is 19.1 Å². The molecule has 0 aliphatic carbocycles. The summed E-state index contributed by atoms with van der Waals surface area (Å²) in [5, 5.41) is 0.589. The van der Waals surface area contributed by atoms with Crippen LogP contribution in [0.3, 0.4) is 0 Å². The van der Waals surface area contributed by atoms with E-state index in [0.29, 0.717) is 18.1 Å². The van der Waals surface area contributed by atoms with E-state index < -0.39 is 10.0 Å². The number of sulfonamides is 1. The quantitative estimate of drug-likeness (QED) is 0.922. The molecule has 1 heterocycles. The zero-order valence-electron chi connectivity index (χ0n) is 11.2. The maximum absolute atomic E-state index is 12.6. The molecule has 0 aromatic heterocycles. The van der Waals surface area contributed by atoms with E-state index in [0.717, 1.165) is 12.8 Å². The number of benzene rings is 1. The maximum Gasteiger partial charge on any atom is 0.243 e. The Balaban J connectivity index is 2.27. The molecule has 1 aliphatic rings. The smallest absolute Gasteiger partial charge is 0.243 e. The van der Waals surface area contributed by atoms with Crippen LogP contribution in [0.4, 0.5) is 0 Å². The number of hydrogen-bond acceptors (Lipinski definition) is 3. The van der Waals surface area contributed by atoms with Crippen molar-refractivity contribution in [1.82, 2.24) is 4.31 Å². The molecule has 4 nitrogen and oxygen atoms in total. The average Bonchev–Trinajstić information content (AvgIpc) is 2.42. The molecule has 0 radical (unpaired) electrons. The molecule has 2 rings (SSSR count). The van der Waals surface area contributed by atoms with E-state index in [4.69, 9.17) is 28.9 Å². The highest BCUT2D eigenvalue weighted by atomic mass is 35.5. The van der Waals surface area contributed by atoms with Crippen molar-refractivity contribution < 1.29 is 8.42 Å². The van der Waals surface area contributed by atoms with Crippen LogP contribution in [0.15, 0.2) is 23.1 Å². The molecule has 1 aromatic rings. The Morgan fingerprint density at radius 2 is 2.05 bits per heavy atom. The highest BCUT2D eigenvalue weighted by Crippen LogP contribution is 2.29. The molecule has 2 atom stereocenters. The van der Waals surface area contributed by atoms with Crippen molar-refractivity contribution in [3.63, 3.8) is 0 Å².